The van der Waals surface area contributed by atoms with Crippen LogP contribution >= 0.6 is 0 Å². The van der Waals surface area contributed by atoms with E-state index in [1.807, 2.05) is 19.4 Å². The van der Waals surface area contributed by atoms with Crippen LogP contribution in [0.1, 0.15) is 44.6 Å². The van der Waals surface area contributed by atoms with E-state index < -0.39 is 0 Å². The van der Waals surface area contributed by atoms with E-state index in [2.05, 4.69) is 21.8 Å². The predicted molar refractivity (Wildman–Crippen MR) is 86.5 cm³/mol. The molecule has 3 rings (SSSR count). The fourth-order valence-corrected chi connectivity index (χ4v) is 4.18. The third-order valence-electron chi connectivity index (χ3n) is 5.27. The van der Waals surface area contributed by atoms with Gasteiger partial charge in [-0.05, 0) is 50.8 Å². The van der Waals surface area contributed by atoms with Gasteiger partial charge in [0.1, 0.15) is 0 Å². The number of aromatic nitrogens is 2. The first-order valence-electron chi connectivity index (χ1n) is 8.70. The second kappa shape index (κ2) is 6.82. The minimum Gasteiger partial charge on any atom is -0.338 e. The van der Waals surface area contributed by atoms with Gasteiger partial charge in [0, 0.05) is 38.3 Å². The van der Waals surface area contributed by atoms with Crippen LogP contribution in [0.5, 0.6) is 0 Å². The Bertz CT molecular complexity index is 513. The van der Waals surface area contributed by atoms with E-state index in [-0.39, 0.29) is 0 Å². The summed E-state index contributed by atoms with van der Waals surface area (Å²) in [6.07, 6.45) is 10.2. The van der Waals surface area contributed by atoms with Gasteiger partial charge in [-0.3, -0.25) is 14.4 Å². The van der Waals surface area contributed by atoms with Gasteiger partial charge in [0.2, 0.25) is 5.91 Å². The molecule has 3 heterocycles. The summed E-state index contributed by atoms with van der Waals surface area (Å²) in [6, 6.07) is 1.04. The molecule has 2 saturated heterocycles. The quantitative estimate of drug-likeness (QED) is 0.833. The first-order valence-corrected chi connectivity index (χ1v) is 8.70. The number of hydrogen-bond acceptors (Lipinski definition) is 3. The number of hydrogen-bond donors (Lipinski definition) is 0. The van der Waals surface area contributed by atoms with Crippen LogP contribution in [0.2, 0.25) is 0 Å². The first-order chi connectivity index (χ1) is 10.7. The molecule has 1 amide bonds. The van der Waals surface area contributed by atoms with Crippen molar-refractivity contribution in [3.8, 4) is 0 Å². The molecule has 5 nitrogen and oxygen atoms in total. The number of carbonyl (C=O) groups is 1. The van der Waals surface area contributed by atoms with Crippen LogP contribution in [0.3, 0.4) is 0 Å². The number of carbonyl (C=O) groups excluding carboxylic acids is 1. The van der Waals surface area contributed by atoms with Crippen molar-refractivity contribution in [1.82, 2.24) is 19.6 Å². The molecular formula is C17H28N4O. The maximum absolute atomic E-state index is 12.7. The molecule has 0 spiro atoms. The normalized spacial score (nSPS) is 26.0. The number of aryl methyl sites for hydroxylation is 2. The fraction of sp³-hybridized carbons (Fsp3) is 0.765. The van der Waals surface area contributed by atoms with Crippen molar-refractivity contribution in [2.45, 2.75) is 57.5 Å². The second-order valence-electron chi connectivity index (χ2n) is 6.66. The summed E-state index contributed by atoms with van der Waals surface area (Å²) in [5, 5.41) is 4.18. The van der Waals surface area contributed by atoms with Crippen LogP contribution in [-0.2, 0) is 18.3 Å². The summed E-state index contributed by atoms with van der Waals surface area (Å²) in [7, 11) is 1.92. The van der Waals surface area contributed by atoms with Crippen molar-refractivity contribution < 1.29 is 4.79 Å². The Kier molecular flexibility index (Phi) is 4.81. The smallest absolute Gasteiger partial charge is 0.223 e. The molecular weight excluding hydrogens is 276 g/mol. The minimum atomic E-state index is 0.328. The van der Waals surface area contributed by atoms with Crippen molar-refractivity contribution in [2.75, 3.05) is 19.6 Å². The lowest BCUT2D eigenvalue weighted by molar-refractivity contribution is -0.133. The van der Waals surface area contributed by atoms with Crippen LogP contribution in [0.4, 0.5) is 0 Å². The molecule has 1 aromatic rings. The Morgan fingerprint density at radius 3 is 2.77 bits per heavy atom. The monoisotopic (exact) mass is 304 g/mol. The van der Waals surface area contributed by atoms with Crippen LogP contribution in [0, 0.1) is 0 Å². The van der Waals surface area contributed by atoms with E-state index in [9.17, 15) is 4.79 Å². The molecule has 2 atom stereocenters. The molecule has 0 bridgehead atoms. The zero-order valence-corrected chi connectivity index (χ0v) is 13.9. The Labute approximate surface area is 133 Å². The van der Waals surface area contributed by atoms with Gasteiger partial charge in [-0.25, -0.2) is 0 Å². The van der Waals surface area contributed by atoms with E-state index in [0.29, 0.717) is 24.4 Å². The third-order valence-corrected chi connectivity index (χ3v) is 5.27. The lowest BCUT2D eigenvalue weighted by Crippen LogP contribution is -2.48. The zero-order chi connectivity index (χ0) is 15.5. The van der Waals surface area contributed by atoms with Crippen molar-refractivity contribution in [3.63, 3.8) is 0 Å². The van der Waals surface area contributed by atoms with E-state index in [1.165, 1.54) is 25.8 Å². The molecule has 2 fully saturated rings. The Hall–Kier alpha value is -1.36. The first kappa shape index (κ1) is 15.5. The molecule has 0 N–H and O–H groups in total. The second-order valence-corrected chi connectivity index (χ2v) is 6.66. The van der Waals surface area contributed by atoms with Crippen LogP contribution in [0.15, 0.2) is 12.4 Å². The van der Waals surface area contributed by atoms with E-state index >= 15 is 0 Å². The van der Waals surface area contributed by atoms with Crippen molar-refractivity contribution in [2.24, 2.45) is 7.05 Å². The third kappa shape index (κ3) is 3.19. The molecule has 122 valence electrons. The topological polar surface area (TPSA) is 41.4 Å². The van der Waals surface area contributed by atoms with Gasteiger partial charge in [0.25, 0.3) is 0 Å². The number of nitrogens with zero attached hydrogens (tertiary/aromatic N) is 4. The molecule has 0 aliphatic carbocycles. The maximum Gasteiger partial charge on any atom is 0.223 e. The Balaban J connectivity index is 1.58. The zero-order valence-electron chi connectivity index (χ0n) is 13.9. The van der Waals surface area contributed by atoms with Gasteiger partial charge >= 0.3 is 0 Å². The van der Waals surface area contributed by atoms with Gasteiger partial charge in [0.15, 0.2) is 0 Å². The standard InChI is InChI=1S/C17H28N4O/c1-3-20-10-4-6-15(20)16-7-5-11-21(16)17(22)9-8-14-12-18-19(2)13-14/h12-13,15-16H,3-11H2,1-2H3/t15-,16-/m1/s1. The van der Waals surface area contributed by atoms with Crippen LogP contribution in [-0.4, -0.2) is 57.2 Å². The lowest BCUT2D eigenvalue weighted by atomic mass is 10.0. The van der Waals surface area contributed by atoms with Gasteiger partial charge in [-0.15, -0.1) is 0 Å². The molecule has 1 aromatic heterocycles. The summed E-state index contributed by atoms with van der Waals surface area (Å²) in [4.78, 5) is 17.4. The molecule has 2 aliphatic heterocycles. The number of likely N-dealkylation sites (tertiary alicyclic amines) is 2. The van der Waals surface area contributed by atoms with Gasteiger partial charge in [-0.1, -0.05) is 6.92 Å². The van der Waals surface area contributed by atoms with Gasteiger partial charge in [-0.2, -0.15) is 5.10 Å². The molecule has 0 unspecified atom stereocenters. The Morgan fingerprint density at radius 1 is 1.27 bits per heavy atom. The molecule has 22 heavy (non-hydrogen) atoms. The summed E-state index contributed by atoms with van der Waals surface area (Å²) in [6.45, 7) is 5.50. The number of likely N-dealkylation sites (N-methyl/N-ethyl adjacent to an activating group) is 1. The number of amides is 1. The fourth-order valence-electron chi connectivity index (χ4n) is 4.18. The summed E-state index contributed by atoms with van der Waals surface area (Å²) in [5.74, 6) is 0.328. The van der Waals surface area contributed by atoms with Crippen molar-refractivity contribution in [1.29, 1.82) is 0 Å². The summed E-state index contributed by atoms with van der Waals surface area (Å²) < 4.78 is 1.80. The molecule has 0 aromatic carbocycles. The highest BCUT2D eigenvalue weighted by atomic mass is 16.2. The molecule has 5 heteroatoms. The Morgan fingerprint density at radius 2 is 2.05 bits per heavy atom. The van der Waals surface area contributed by atoms with Crippen LogP contribution in [0.25, 0.3) is 0 Å². The van der Waals surface area contributed by atoms with Crippen molar-refractivity contribution in [3.05, 3.63) is 18.0 Å². The molecule has 0 radical (unpaired) electrons. The lowest BCUT2D eigenvalue weighted by Gasteiger charge is -2.34. The highest BCUT2D eigenvalue weighted by Crippen LogP contribution is 2.30. The van der Waals surface area contributed by atoms with E-state index in [4.69, 9.17) is 0 Å². The predicted octanol–water partition coefficient (Wildman–Crippen LogP) is 1.83. The summed E-state index contributed by atoms with van der Waals surface area (Å²) >= 11 is 0. The maximum atomic E-state index is 12.7. The highest BCUT2D eigenvalue weighted by Gasteiger charge is 2.38. The molecule has 0 saturated carbocycles. The average molecular weight is 304 g/mol. The highest BCUT2D eigenvalue weighted by molar-refractivity contribution is 5.77. The number of rotatable bonds is 5. The van der Waals surface area contributed by atoms with E-state index in [0.717, 1.165) is 31.5 Å². The van der Waals surface area contributed by atoms with Crippen LogP contribution < -0.4 is 0 Å². The molecule has 2 aliphatic rings. The van der Waals surface area contributed by atoms with Crippen molar-refractivity contribution >= 4 is 5.91 Å². The van der Waals surface area contributed by atoms with Gasteiger partial charge < -0.3 is 4.90 Å². The van der Waals surface area contributed by atoms with Gasteiger partial charge in [0.05, 0.1) is 6.20 Å². The largest absolute Gasteiger partial charge is 0.338 e. The average Bonchev–Trinajstić information content (AvgIpc) is 3.23. The summed E-state index contributed by atoms with van der Waals surface area (Å²) in [5.41, 5.74) is 1.16. The van der Waals surface area contributed by atoms with E-state index in [1.54, 1.807) is 4.68 Å². The minimum absolute atomic E-state index is 0.328. The SMILES string of the molecule is CCN1CCC[C@@H]1[C@H]1CCCN1C(=O)CCc1cnn(C)c1.